The van der Waals surface area contributed by atoms with Crippen LogP contribution >= 0.6 is 11.8 Å². The molecule has 4 nitrogen and oxygen atoms in total. The number of carbonyl (C=O) groups is 1. The van der Waals surface area contributed by atoms with Crippen molar-refractivity contribution in [3.8, 4) is 0 Å². The van der Waals surface area contributed by atoms with E-state index < -0.39 is 0 Å². The minimum atomic E-state index is -0.0122. The number of H-pyrrole nitrogens is 1. The van der Waals surface area contributed by atoms with Crippen molar-refractivity contribution in [1.82, 2.24) is 15.3 Å². The molecule has 0 spiro atoms. The summed E-state index contributed by atoms with van der Waals surface area (Å²) in [5.74, 6) is -0.0122. The molecule has 1 aliphatic rings. The van der Waals surface area contributed by atoms with Gasteiger partial charge in [0.15, 0.2) is 0 Å². The van der Waals surface area contributed by atoms with E-state index >= 15 is 0 Å². The molecule has 1 amide bonds. The van der Waals surface area contributed by atoms with E-state index in [9.17, 15) is 4.79 Å². The molecular formula is C19H17N3OS. The zero-order chi connectivity index (χ0) is 16.5. The summed E-state index contributed by atoms with van der Waals surface area (Å²) < 4.78 is 0. The van der Waals surface area contributed by atoms with Crippen LogP contribution in [0.25, 0.3) is 21.9 Å². The first-order chi connectivity index (χ1) is 11.7. The maximum atomic E-state index is 11.1. The van der Waals surface area contributed by atoms with Crippen LogP contribution in [0.2, 0.25) is 0 Å². The summed E-state index contributed by atoms with van der Waals surface area (Å²) in [5.41, 5.74) is 3.02. The molecule has 1 aromatic carbocycles. The molecule has 2 N–H and O–H groups in total. The van der Waals surface area contributed by atoms with E-state index in [1.54, 1.807) is 18.7 Å². The van der Waals surface area contributed by atoms with E-state index in [2.05, 4.69) is 45.6 Å². The van der Waals surface area contributed by atoms with Gasteiger partial charge in [0.1, 0.15) is 5.65 Å². The molecule has 0 fully saturated rings. The number of benzene rings is 1. The van der Waals surface area contributed by atoms with Gasteiger partial charge in [-0.3, -0.25) is 4.79 Å². The second-order valence-electron chi connectivity index (χ2n) is 5.81. The lowest BCUT2D eigenvalue weighted by atomic mass is 10.1. The van der Waals surface area contributed by atoms with Crippen LogP contribution in [0.1, 0.15) is 19.8 Å². The number of rotatable bonds is 3. The number of amides is 1. The van der Waals surface area contributed by atoms with Gasteiger partial charge in [0.2, 0.25) is 5.91 Å². The highest BCUT2D eigenvalue weighted by Crippen LogP contribution is 2.39. The maximum Gasteiger partial charge on any atom is 0.220 e. The van der Waals surface area contributed by atoms with Crippen LogP contribution < -0.4 is 5.32 Å². The fourth-order valence-corrected chi connectivity index (χ4v) is 4.10. The van der Waals surface area contributed by atoms with Gasteiger partial charge in [-0.15, -0.1) is 0 Å². The maximum absolute atomic E-state index is 11.1. The first-order valence-corrected chi connectivity index (χ1v) is 8.73. The van der Waals surface area contributed by atoms with Crippen molar-refractivity contribution in [3.05, 3.63) is 59.3 Å². The molecular weight excluding hydrogens is 318 g/mol. The normalized spacial score (nSPS) is 14.5. The van der Waals surface area contributed by atoms with Crippen molar-refractivity contribution in [2.24, 2.45) is 0 Å². The summed E-state index contributed by atoms with van der Waals surface area (Å²) in [4.78, 5) is 21.5. The average molecular weight is 335 g/mol. The number of nitrogens with one attached hydrogen (secondary N) is 2. The van der Waals surface area contributed by atoms with Crippen LogP contribution in [-0.4, -0.2) is 15.9 Å². The molecule has 0 radical (unpaired) electrons. The monoisotopic (exact) mass is 335 g/mol. The quantitative estimate of drug-likeness (QED) is 0.740. The molecule has 2 aromatic heterocycles. The van der Waals surface area contributed by atoms with Gasteiger partial charge >= 0.3 is 0 Å². The number of aromatic amines is 1. The third-order valence-electron chi connectivity index (χ3n) is 4.05. The molecule has 0 bridgehead atoms. The van der Waals surface area contributed by atoms with Crippen molar-refractivity contribution in [1.29, 1.82) is 0 Å². The van der Waals surface area contributed by atoms with Crippen LogP contribution in [0.3, 0.4) is 0 Å². The van der Waals surface area contributed by atoms with Crippen LogP contribution in [0.5, 0.6) is 0 Å². The predicted molar refractivity (Wildman–Crippen MR) is 98.7 cm³/mol. The van der Waals surface area contributed by atoms with E-state index in [0.717, 1.165) is 35.1 Å². The van der Waals surface area contributed by atoms with E-state index in [1.807, 2.05) is 18.3 Å². The first-order valence-electron chi connectivity index (χ1n) is 7.91. The van der Waals surface area contributed by atoms with Crippen molar-refractivity contribution < 1.29 is 4.79 Å². The number of allylic oxidation sites excluding steroid dienone is 4. The van der Waals surface area contributed by atoms with Gasteiger partial charge in [-0.2, -0.15) is 0 Å². The van der Waals surface area contributed by atoms with Crippen LogP contribution in [-0.2, 0) is 4.79 Å². The van der Waals surface area contributed by atoms with Gasteiger partial charge in [0.05, 0.1) is 0 Å². The molecule has 0 saturated heterocycles. The second-order valence-corrected chi connectivity index (χ2v) is 6.98. The Hall–Kier alpha value is -2.53. The Morgan fingerprint density at radius 3 is 2.92 bits per heavy atom. The number of fused-ring (bicyclic) bond motifs is 3. The lowest BCUT2D eigenvalue weighted by Gasteiger charge is -2.15. The Morgan fingerprint density at radius 2 is 2.12 bits per heavy atom. The molecule has 5 heteroatoms. The molecule has 0 saturated carbocycles. The summed E-state index contributed by atoms with van der Waals surface area (Å²) in [6.07, 6.45) is 7.72. The van der Waals surface area contributed by atoms with Crippen molar-refractivity contribution in [2.75, 3.05) is 0 Å². The van der Waals surface area contributed by atoms with Gasteiger partial charge in [0, 0.05) is 40.0 Å². The van der Waals surface area contributed by atoms with Gasteiger partial charge in [0.25, 0.3) is 0 Å². The molecule has 2 heterocycles. The lowest BCUT2D eigenvalue weighted by Crippen LogP contribution is -2.19. The summed E-state index contributed by atoms with van der Waals surface area (Å²) >= 11 is 1.79. The minimum absolute atomic E-state index is 0.0122. The number of hydrogen-bond donors (Lipinski definition) is 2. The van der Waals surface area contributed by atoms with Crippen molar-refractivity contribution in [3.63, 3.8) is 0 Å². The molecule has 4 rings (SSSR count). The molecule has 3 aromatic rings. The van der Waals surface area contributed by atoms with E-state index in [-0.39, 0.29) is 5.91 Å². The molecule has 120 valence electrons. The van der Waals surface area contributed by atoms with Gasteiger partial charge < -0.3 is 10.3 Å². The Labute approximate surface area is 144 Å². The van der Waals surface area contributed by atoms with Gasteiger partial charge in [-0.25, -0.2) is 4.98 Å². The number of carbonyl (C=O) groups excluding carboxylic acids is 1. The zero-order valence-electron chi connectivity index (χ0n) is 13.3. The highest BCUT2D eigenvalue weighted by atomic mass is 32.2. The smallest absolute Gasteiger partial charge is 0.220 e. The Kier molecular flexibility index (Phi) is 3.86. The molecule has 0 aliphatic heterocycles. The van der Waals surface area contributed by atoms with Crippen LogP contribution in [0.15, 0.2) is 64.2 Å². The fraction of sp³-hybridized carbons (Fsp3) is 0.158. The third-order valence-corrected chi connectivity index (χ3v) is 5.21. The zero-order valence-corrected chi connectivity index (χ0v) is 14.1. The number of aromatic nitrogens is 2. The Bertz CT molecular complexity index is 1000. The lowest BCUT2D eigenvalue weighted by molar-refractivity contribution is -0.118. The Morgan fingerprint density at radius 1 is 1.21 bits per heavy atom. The summed E-state index contributed by atoms with van der Waals surface area (Å²) in [6.45, 7) is 1.54. The van der Waals surface area contributed by atoms with E-state index in [0.29, 0.717) is 0 Å². The third kappa shape index (κ3) is 2.83. The number of pyridine rings is 1. The molecule has 24 heavy (non-hydrogen) atoms. The van der Waals surface area contributed by atoms with Crippen molar-refractivity contribution >= 4 is 39.6 Å². The molecule has 1 aliphatic carbocycles. The number of nitrogens with zero attached hydrogens (tertiary/aromatic N) is 1. The minimum Gasteiger partial charge on any atom is -0.339 e. The summed E-state index contributed by atoms with van der Waals surface area (Å²) in [7, 11) is 0. The Balaban J connectivity index is 1.69. The summed E-state index contributed by atoms with van der Waals surface area (Å²) in [6, 6.07) is 10.4. The summed E-state index contributed by atoms with van der Waals surface area (Å²) in [5, 5.41) is 5.25. The standard InChI is InChI=1S/C19H17N3OS/c1-12(23)21-13-7-9-14(10-8-13)24-17-6-2-5-16-18(17)15-4-3-11-20-19(15)22-16/h2-7,9,11H,8,10H2,1H3,(H,20,22)(H,21,23). The topological polar surface area (TPSA) is 57.8 Å². The van der Waals surface area contributed by atoms with E-state index in [4.69, 9.17) is 0 Å². The van der Waals surface area contributed by atoms with E-state index in [1.165, 1.54) is 15.2 Å². The number of hydrogen-bond acceptors (Lipinski definition) is 3. The molecule has 0 atom stereocenters. The van der Waals surface area contributed by atoms with Crippen molar-refractivity contribution in [2.45, 2.75) is 24.7 Å². The molecule has 0 unspecified atom stereocenters. The van der Waals surface area contributed by atoms with Gasteiger partial charge in [-0.1, -0.05) is 23.9 Å². The fourth-order valence-electron chi connectivity index (χ4n) is 3.01. The average Bonchev–Trinajstić information content (AvgIpc) is 2.96. The number of thioether (sulfide) groups is 1. The largest absolute Gasteiger partial charge is 0.339 e. The highest BCUT2D eigenvalue weighted by molar-refractivity contribution is 8.03. The SMILES string of the molecule is CC(=O)NC1=CC=C(Sc2cccc3[nH]c4ncccc4c23)CC1. The second kappa shape index (κ2) is 6.17. The van der Waals surface area contributed by atoms with Crippen LogP contribution in [0.4, 0.5) is 0 Å². The predicted octanol–water partition coefficient (Wildman–Crippen LogP) is 4.51. The first kappa shape index (κ1) is 15.0. The highest BCUT2D eigenvalue weighted by Gasteiger charge is 2.13. The van der Waals surface area contributed by atoms with Gasteiger partial charge in [-0.05, 0) is 48.1 Å². The van der Waals surface area contributed by atoms with Crippen LogP contribution in [0, 0.1) is 0 Å².